The molecule has 4 atom stereocenters. The molecule has 0 radical (unpaired) electrons. The molecule has 0 unspecified atom stereocenters. The third-order valence-corrected chi connectivity index (χ3v) is 9.95. The summed E-state index contributed by atoms with van der Waals surface area (Å²) in [6.07, 6.45) is 1.50. The number of phenols is 1. The molecule has 2 aromatic carbocycles. The van der Waals surface area contributed by atoms with Crippen LogP contribution >= 0.6 is 39.1 Å². The van der Waals surface area contributed by atoms with Gasteiger partial charge in [-0.25, -0.2) is 23.5 Å². The SMILES string of the molecule is Cn1c(=O)n2n(c1=O)[C@@H]1C[C@@]3(Cl)C(=O)N(CBr)C(=O)[C@@]3(Cl)[C@@H](c3ccc(OCc4ccccc4)cc3O)C1=CC2. The maximum Gasteiger partial charge on any atom is 0.347 e. The molecular weight excluding hydrogens is 627 g/mol. The van der Waals surface area contributed by atoms with Crippen molar-refractivity contribution in [2.45, 2.75) is 41.3 Å². The first-order valence-electron chi connectivity index (χ1n) is 12.4. The number of allylic oxidation sites excluding steroid dienone is 2. The van der Waals surface area contributed by atoms with Gasteiger partial charge in [-0.15, -0.1) is 23.2 Å². The second-order valence-corrected chi connectivity index (χ2v) is 11.8. The van der Waals surface area contributed by atoms with E-state index in [2.05, 4.69) is 15.9 Å². The molecule has 2 amide bonds. The Balaban J connectivity index is 1.49. The fourth-order valence-electron chi connectivity index (χ4n) is 6.07. The van der Waals surface area contributed by atoms with Gasteiger partial charge in [-0.05, 0) is 17.2 Å². The van der Waals surface area contributed by atoms with Crippen molar-refractivity contribution >= 4 is 50.9 Å². The number of benzene rings is 2. The number of alkyl halides is 3. The molecule has 6 rings (SSSR count). The van der Waals surface area contributed by atoms with Crippen molar-refractivity contribution in [1.82, 2.24) is 18.8 Å². The summed E-state index contributed by atoms with van der Waals surface area (Å²) in [6.45, 7) is 0.297. The van der Waals surface area contributed by atoms with Crippen molar-refractivity contribution < 1.29 is 19.4 Å². The number of amides is 2. The number of likely N-dealkylation sites (tertiary alicyclic amines) is 1. The van der Waals surface area contributed by atoms with Crippen molar-refractivity contribution in [3.05, 3.63) is 92.3 Å². The van der Waals surface area contributed by atoms with Crippen LogP contribution in [0.1, 0.15) is 29.5 Å². The van der Waals surface area contributed by atoms with E-state index < -0.39 is 44.9 Å². The highest BCUT2D eigenvalue weighted by Crippen LogP contribution is 2.64. The van der Waals surface area contributed by atoms with E-state index in [1.165, 1.54) is 22.5 Å². The van der Waals surface area contributed by atoms with E-state index in [1.54, 1.807) is 18.2 Å². The number of carbonyl (C=O) groups excluding carboxylic acids is 2. The average Bonchev–Trinajstić information content (AvgIpc) is 3.25. The molecule has 0 spiro atoms. The van der Waals surface area contributed by atoms with Crippen LogP contribution in [0.3, 0.4) is 0 Å². The van der Waals surface area contributed by atoms with Gasteiger partial charge >= 0.3 is 11.4 Å². The maximum absolute atomic E-state index is 13.8. The molecule has 1 aromatic heterocycles. The smallest absolute Gasteiger partial charge is 0.347 e. The predicted octanol–water partition coefficient (Wildman–Crippen LogP) is 2.98. The first-order valence-corrected chi connectivity index (χ1v) is 14.3. The van der Waals surface area contributed by atoms with E-state index in [1.807, 2.05) is 30.3 Å². The standard InChI is InChI=1S/C27H23BrCl2N4O6/c1-31-24(38)33-10-9-17-19(34(33)25(31)39)12-26(29)22(36)32(14-28)23(37)27(26,30)21(17)18-8-7-16(11-20(18)35)40-13-15-5-3-2-4-6-15/h2-9,11,19,21,35H,10,12-14H2,1H3/t19-,21-,26-,27+/m1/s1. The number of halogens is 3. The van der Waals surface area contributed by atoms with Crippen LogP contribution in [0.15, 0.2) is 69.8 Å². The highest BCUT2D eigenvalue weighted by atomic mass is 79.9. The Morgan fingerprint density at radius 3 is 2.45 bits per heavy atom. The van der Waals surface area contributed by atoms with Crippen molar-refractivity contribution in [3.8, 4) is 11.5 Å². The Kier molecular flexibility index (Phi) is 6.32. The van der Waals surface area contributed by atoms with Gasteiger partial charge < -0.3 is 9.84 Å². The number of ether oxygens (including phenoxy) is 1. The summed E-state index contributed by atoms with van der Waals surface area (Å²) in [5.74, 6) is -2.40. The summed E-state index contributed by atoms with van der Waals surface area (Å²) >= 11 is 17.4. The number of fused-ring (bicyclic) bond motifs is 4. The third-order valence-electron chi connectivity index (χ3n) is 8.03. The topological polar surface area (TPSA) is 116 Å². The number of hydrogen-bond acceptors (Lipinski definition) is 6. The number of aromatic hydroxyl groups is 1. The summed E-state index contributed by atoms with van der Waals surface area (Å²) in [5, 5.41) is 11.3. The summed E-state index contributed by atoms with van der Waals surface area (Å²) in [6, 6.07) is 13.3. The molecule has 1 saturated heterocycles. The number of carbonyl (C=O) groups is 2. The lowest BCUT2D eigenvalue weighted by atomic mass is 9.64. The van der Waals surface area contributed by atoms with Crippen molar-refractivity contribution in [3.63, 3.8) is 0 Å². The molecule has 13 heteroatoms. The first kappa shape index (κ1) is 26.9. The minimum absolute atomic E-state index is 0.0306. The van der Waals surface area contributed by atoms with Crippen molar-refractivity contribution in [2.75, 3.05) is 5.45 Å². The molecule has 10 nitrogen and oxygen atoms in total. The Morgan fingerprint density at radius 2 is 1.77 bits per heavy atom. The zero-order valence-electron chi connectivity index (χ0n) is 21.1. The largest absolute Gasteiger partial charge is 0.508 e. The van der Waals surface area contributed by atoms with Gasteiger partial charge in [0.2, 0.25) is 0 Å². The van der Waals surface area contributed by atoms with Crippen LogP contribution in [0.4, 0.5) is 0 Å². The number of nitrogens with zero attached hydrogens (tertiary/aromatic N) is 4. The molecule has 208 valence electrons. The predicted molar refractivity (Wildman–Crippen MR) is 150 cm³/mol. The van der Waals surface area contributed by atoms with Crippen LogP contribution in [0.5, 0.6) is 11.5 Å². The zero-order chi connectivity index (χ0) is 28.6. The molecular formula is C27H23BrCl2N4O6. The zero-order valence-corrected chi connectivity index (χ0v) is 24.2. The summed E-state index contributed by atoms with van der Waals surface area (Å²) < 4.78 is 9.34. The number of hydrogen-bond donors (Lipinski definition) is 1. The second-order valence-electron chi connectivity index (χ2n) is 10.1. The fraction of sp³-hybridized carbons (Fsp3) is 0.333. The minimum Gasteiger partial charge on any atom is -0.508 e. The monoisotopic (exact) mass is 648 g/mol. The lowest BCUT2D eigenvalue weighted by Crippen LogP contribution is -2.59. The second kappa shape index (κ2) is 9.39. The van der Waals surface area contributed by atoms with Crippen LogP contribution in [-0.2, 0) is 29.8 Å². The van der Waals surface area contributed by atoms with Crippen LogP contribution in [-0.4, -0.2) is 51.0 Å². The molecule has 0 bridgehead atoms. The van der Waals surface area contributed by atoms with E-state index in [4.69, 9.17) is 27.9 Å². The molecule has 3 heterocycles. The summed E-state index contributed by atoms with van der Waals surface area (Å²) in [5.41, 5.74) is 0.416. The highest BCUT2D eigenvalue weighted by Gasteiger charge is 2.75. The van der Waals surface area contributed by atoms with Gasteiger partial charge in [0.15, 0.2) is 9.75 Å². The molecule has 40 heavy (non-hydrogen) atoms. The van der Waals surface area contributed by atoms with E-state index >= 15 is 0 Å². The number of aromatic nitrogens is 3. The lowest BCUT2D eigenvalue weighted by Gasteiger charge is -2.49. The minimum atomic E-state index is -2.02. The van der Waals surface area contributed by atoms with E-state index in [-0.39, 0.29) is 36.3 Å². The fourth-order valence-corrected chi connectivity index (χ4v) is 7.47. The van der Waals surface area contributed by atoms with Gasteiger partial charge in [-0.2, -0.15) is 0 Å². The molecule has 1 N–H and O–H groups in total. The normalized spacial score (nSPS) is 27.2. The van der Waals surface area contributed by atoms with E-state index in [0.717, 1.165) is 15.0 Å². The maximum atomic E-state index is 13.8. The molecule has 1 saturated carbocycles. The van der Waals surface area contributed by atoms with Crippen LogP contribution in [0.25, 0.3) is 0 Å². The van der Waals surface area contributed by atoms with Gasteiger partial charge in [-0.3, -0.25) is 14.5 Å². The number of imide groups is 1. The van der Waals surface area contributed by atoms with Crippen LogP contribution in [0.2, 0.25) is 0 Å². The quantitative estimate of drug-likeness (QED) is 0.197. The Morgan fingerprint density at radius 1 is 1.05 bits per heavy atom. The van der Waals surface area contributed by atoms with Crippen molar-refractivity contribution in [1.29, 1.82) is 0 Å². The van der Waals surface area contributed by atoms with E-state index in [0.29, 0.717) is 11.3 Å². The third kappa shape index (κ3) is 3.53. The highest BCUT2D eigenvalue weighted by molar-refractivity contribution is 9.09. The van der Waals surface area contributed by atoms with Gasteiger partial charge in [0.25, 0.3) is 11.8 Å². The Hall–Kier alpha value is -3.28. The van der Waals surface area contributed by atoms with E-state index in [9.17, 15) is 24.3 Å². The first-order chi connectivity index (χ1) is 19.0. The van der Waals surface area contributed by atoms with Gasteiger partial charge in [0.05, 0.1) is 18.0 Å². The summed E-state index contributed by atoms with van der Waals surface area (Å²) in [4.78, 5) is 50.2. The lowest BCUT2D eigenvalue weighted by molar-refractivity contribution is -0.138. The molecule has 2 aliphatic heterocycles. The van der Waals surface area contributed by atoms with Crippen LogP contribution < -0.4 is 16.1 Å². The van der Waals surface area contributed by atoms with Crippen LogP contribution in [0, 0.1) is 0 Å². The molecule has 3 aromatic rings. The van der Waals surface area contributed by atoms with Gasteiger partial charge in [0.1, 0.15) is 18.1 Å². The Labute approximate surface area is 246 Å². The molecule has 2 fully saturated rings. The Bertz CT molecular complexity index is 1720. The number of rotatable bonds is 5. The molecule has 3 aliphatic rings. The summed E-state index contributed by atoms with van der Waals surface area (Å²) in [7, 11) is 1.36. The molecule has 1 aliphatic carbocycles. The van der Waals surface area contributed by atoms with Crippen molar-refractivity contribution in [2.24, 2.45) is 7.05 Å². The average molecular weight is 650 g/mol. The van der Waals surface area contributed by atoms with Gasteiger partial charge in [0, 0.05) is 31.0 Å². The number of phenolic OH excluding ortho intramolecular Hbond substituents is 1. The van der Waals surface area contributed by atoms with Gasteiger partial charge in [-0.1, -0.05) is 58.4 Å².